The number of nitrogens with zero attached hydrogens (tertiary/aromatic N) is 3. The van der Waals surface area contributed by atoms with Gasteiger partial charge in [-0.3, -0.25) is 14.5 Å². The van der Waals surface area contributed by atoms with Gasteiger partial charge in [0.05, 0.1) is 13.1 Å². The molecule has 0 aromatic carbocycles. The van der Waals surface area contributed by atoms with Gasteiger partial charge >= 0.3 is 0 Å². The highest BCUT2D eigenvalue weighted by atomic mass is 16.2. The lowest BCUT2D eigenvalue weighted by molar-refractivity contribution is -0.130. The lowest BCUT2D eigenvalue weighted by Crippen LogP contribution is -2.48. The molecule has 0 radical (unpaired) electrons. The molecule has 0 aromatic heterocycles. The molecule has 1 rings (SSSR count). The molecule has 1 aliphatic rings. The van der Waals surface area contributed by atoms with Crippen molar-refractivity contribution in [3.63, 3.8) is 0 Å². The molecule has 0 aliphatic carbocycles. The van der Waals surface area contributed by atoms with Crippen LogP contribution in [0.3, 0.4) is 0 Å². The van der Waals surface area contributed by atoms with Gasteiger partial charge in [0.1, 0.15) is 0 Å². The van der Waals surface area contributed by atoms with Crippen LogP contribution in [0, 0.1) is 11.8 Å². The zero-order valence-electron chi connectivity index (χ0n) is 11.4. The molecule has 5 nitrogen and oxygen atoms in total. The molecule has 18 heavy (non-hydrogen) atoms. The molecular weight excluding hydrogens is 230 g/mol. The van der Waals surface area contributed by atoms with Crippen LogP contribution in [-0.4, -0.2) is 72.8 Å². The van der Waals surface area contributed by atoms with E-state index in [0.29, 0.717) is 13.1 Å². The third-order valence-corrected chi connectivity index (χ3v) is 3.10. The highest BCUT2D eigenvalue weighted by molar-refractivity contribution is 5.73. The maximum absolute atomic E-state index is 11.1. The summed E-state index contributed by atoms with van der Waals surface area (Å²) in [5, 5.41) is 0. The molecule has 0 spiro atoms. The maximum atomic E-state index is 11.1. The van der Waals surface area contributed by atoms with E-state index < -0.39 is 0 Å². The van der Waals surface area contributed by atoms with Crippen molar-refractivity contribution in [2.45, 2.75) is 13.8 Å². The summed E-state index contributed by atoms with van der Waals surface area (Å²) in [7, 11) is 1.74. The summed E-state index contributed by atoms with van der Waals surface area (Å²) in [5.74, 6) is 6.21. The van der Waals surface area contributed by atoms with Crippen molar-refractivity contribution in [2.75, 3.05) is 46.3 Å². The first-order valence-corrected chi connectivity index (χ1v) is 6.16. The Morgan fingerprint density at radius 3 is 2.22 bits per heavy atom. The van der Waals surface area contributed by atoms with Crippen LogP contribution in [0.25, 0.3) is 0 Å². The van der Waals surface area contributed by atoms with Crippen molar-refractivity contribution in [3.05, 3.63) is 0 Å². The van der Waals surface area contributed by atoms with Crippen LogP contribution in [0.4, 0.5) is 0 Å². The van der Waals surface area contributed by atoms with Crippen LogP contribution in [0.5, 0.6) is 0 Å². The Hall–Kier alpha value is -1.54. The molecular formula is C13H21N3O2. The quantitative estimate of drug-likeness (QED) is 0.629. The Morgan fingerprint density at radius 2 is 1.72 bits per heavy atom. The van der Waals surface area contributed by atoms with E-state index in [0.717, 1.165) is 26.2 Å². The van der Waals surface area contributed by atoms with E-state index in [1.54, 1.807) is 18.9 Å². The van der Waals surface area contributed by atoms with Gasteiger partial charge in [-0.15, -0.1) is 0 Å². The summed E-state index contributed by atoms with van der Waals surface area (Å²) in [6, 6.07) is 0. The van der Waals surface area contributed by atoms with E-state index in [1.165, 1.54) is 6.92 Å². The number of carbonyl (C=O) groups excluding carboxylic acids is 2. The van der Waals surface area contributed by atoms with Crippen LogP contribution in [0.15, 0.2) is 0 Å². The lowest BCUT2D eigenvalue weighted by Gasteiger charge is -2.32. The minimum atomic E-state index is 0.0272. The van der Waals surface area contributed by atoms with Crippen molar-refractivity contribution in [2.24, 2.45) is 0 Å². The van der Waals surface area contributed by atoms with Crippen molar-refractivity contribution in [1.29, 1.82) is 0 Å². The third kappa shape index (κ3) is 4.76. The normalized spacial score (nSPS) is 15.8. The number of hydrogen-bond acceptors (Lipinski definition) is 3. The van der Waals surface area contributed by atoms with E-state index in [1.807, 2.05) is 4.90 Å². The number of rotatable bonds is 2. The fourth-order valence-corrected chi connectivity index (χ4v) is 1.67. The maximum Gasteiger partial charge on any atom is 0.219 e. The molecule has 2 amide bonds. The van der Waals surface area contributed by atoms with Gasteiger partial charge in [-0.2, -0.15) is 0 Å². The first kappa shape index (κ1) is 14.5. The van der Waals surface area contributed by atoms with Crippen molar-refractivity contribution in [1.82, 2.24) is 14.7 Å². The highest BCUT2D eigenvalue weighted by Crippen LogP contribution is 2.00. The summed E-state index contributed by atoms with van der Waals surface area (Å²) in [6.45, 7) is 7.62. The molecule has 100 valence electrons. The zero-order valence-corrected chi connectivity index (χ0v) is 11.4. The average molecular weight is 251 g/mol. The van der Waals surface area contributed by atoms with Gasteiger partial charge in [0.25, 0.3) is 0 Å². The SMILES string of the molecule is CC(=O)N(C)CC#CCN1CCN(C(C)=O)CC1. The van der Waals surface area contributed by atoms with Gasteiger partial charge in [-0.25, -0.2) is 0 Å². The number of hydrogen-bond donors (Lipinski definition) is 0. The predicted octanol–water partition coefficient (Wildman–Crippen LogP) is -0.368. The van der Waals surface area contributed by atoms with Gasteiger partial charge in [-0.05, 0) is 0 Å². The van der Waals surface area contributed by atoms with Crippen LogP contribution in [0.2, 0.25) is 0 Å². The molecule has 1 heterocycles. The summed E-state index contributed by atoms with van der Waals surface area (Å²) in [6.07, 6.45) is 0. The Labute approximate surface area is 109 Å². The summed E-state index contributed by atoms with van der Waals surface area (Å²) in [5.41, 5.74) is 0. The summed E-state index contributed by atoms with van der Waals surface area (Å²) < 4.78 is 0. The molecule has 0 unspecified atom stereocenters. The Morgan fingerprint density at radius 1 is 1.11 bits per heavy atom. The van der Waals surface area contributed by atoms with Gasteiger partial charge in [0.15, 0.2) is 0 Å². The summed E-state index contributed by atoms with van der Waals surface area (Å²) in [4.78, 5) is 27.8. The van der Waals surface area contributed by atoms with Gasteiger partial charge in [-0.1, -0.05) is 11.8 Å². The third-order valence-electron chi connectivity index (χ3n) is 3.10. The minimum absolute atomic E-state index is 0.0272. The van der Waals surface area contributed by atoms with Gasteiger partial charge < -0.3 is 9.80 Å². The smallest absolute Gasteiger partial charge is 0.219 e. The molecule has 0 N–H and O–H groups in total. The molecule has 1 aliphatic heterocycles. The fourth-order valence-electron chi connectivity index (χ4n) is 1.67. The largest absolute Gasteiger partial charge is 0.340 e. The second kappa shape index (κ2) is 7.02. The second-order valence-corrected chi connectivity index (χ2v) is 4.51. The molecule has 0 atom stereocenters. The van der Waals surface area contributed by atoms with Crippen LogP contribution in [-0.2, 0) is 9.59 Å². The lowest BCUT2D eigenvalue weighted by atomic mass is 10.3. The minimum Gasteiger partial charge on any atom is -0.340 e. The fraction of sp³-hybridized carbons (Fsp3) is 0.692. The number of piperazine rings is 1. The summed E-state index contributed by atoms with van der Waals surface area (Å²) >= 11 is 0. The van der Waals surface area contributed by atoms with E-state index >= 15 is 0 Å². The molecule has 1 fully saturated rings. The zero-order chi connectivity index (χ0) is 13.5. The van der Waals surface area contributed by atoms with Crippen LogP contribution >= 0.6 is 0 Å². The topological polar surface area (TPSA) is 43.9 Å². The predicted molar refractivity (Wildman–Crippen MR) is 69.8 cm³/mol. The van der Waals surface area contributed by atoms with Gasteiger partial charge in [0.2, 0.25) is 11.8 Å². The van der Waals surface area contributed by atoms with E-state index in [4.69, 9.17) is 0 Å². The molecule has 0 bridgehead atoms. The monoisotopic (exact) mass is 251 g/mol. The molecule has 5 heteroatoms. The second-order valence-electron chi connectivity index (χ2n) is 4.51. The van der Waals surface area contributed by atoms with Crippen molar-refractivity contribution >= 4 is 11.8 Å². The molecule has 0 saturated carbocycles. The number of carbonyl (C=O) groups is 2. The Kier molecular flexibility index (Phi) is 5.66. The first-order chi connectivity index (χ1) is 8.50. The Balaban J connectivity index is 2.24. The van der Waals surface area contributed by atoms with E-state index in [2.05, 4.69) is 16.7 Å². The Bertz CT molecular complexity index is 362. The van der Waals surface area contributed by atoms with E-state index in [9.17, 15) is 9.59 Å². The van der Waals surface area contributed by atoms with Crippen LogP contribution in [0.1, 0.15) is 13.8 Å². The first-order valence-electron chi connectivity index (χ1n) is 6.16. The van der Waals surface area contributed by atoms with Gasteiger partial charge in [0, 0.05) is 47.1 Å². The molecule has 1 saturated heterocycles. The van der Waals surface area contributed by atoms with Crippen LogP contribution < -0.4 is 0 Å². The molecule has 0 aromatic rings. The standard InChI is InChI=1S/C13H21N3O2/c1-12(17)14(3)6-4-5-7-15-8-10-16(11-9-15)13(2)18/h6-11H2,1-3H3. The average Bonchev–Trinajstić information content (AvgIpc) is 2.34. The van der Waals surface area contributed by atoms with Crippen molar-refractivity contribution < 1.29 is 9.59 Å². The number of amides is 2. The highest BCUT2D eigenvalue weighted by Gasteiger charge is 2.17. The van der Waals surface area contributed by atoms with Crippen molar-refractivity contribution in [3.8, 4) is 11.8 Å². The van der Waals surface area contributed by atoms with E-state index in [-0.39, 0.29) is 11.8 Å².